The number of ether oxygens (including phenoxy) is 1. The number of nitro benzene ring substituents is 1. The number of fused-ring (bicyclic) bond motifs is 3. The van der Waals surface area contributed by atoms with Gasteiger partial charge in [0, 0.05) is 22.9 Å². The van der Waals surface area contributed by atoms with Gasteiger partial charge in [-0.2, -0.15) is 0 Å². The Bertz CT molecular complexity index is 1040. The van der Waals surface area contributed by atoms with Crippen LogP contribution in [0.1, 0.15) is 5.56 Å². The number of hydrogen-bond acceptors (Lipinski definition) is 4. The molecular formula is C19H13NO4. The van der Waals surface area contributed by atoms with Gasteiger partial charge in [-0.05, 0) is 11.6 Å². The Morgan fingerprint density at radius 1 is 0.917 bits per heavy atom. The summed E-state index contributed by atoms with van der Waals surface area (Å²) in [5.74, 6) is 0.204. The Labute approximate surface area is 137 Å². The van der Waals surface area contributed by atoms with Crippen LogP contribution in [0.2, 0.25) is 0 Å². The maximum atomic E-state index is 11.4. The van der Waals surface area contributed by atoms with Gasteiger partial charge in [-0.15, -0.1) is 0 Å². The summed E-state index contributed by atoms with van der Waals surface area (Å²) in [4.78, 5) is 11.0. The van der Waals surface area contributed by atoms with Crippen molar-refractivity contribution in [2.75, 3.05) is 0 Å². The Morgan fingerprint density at radius 3 is 2.46 bits per heavy atom. The number of furan rings is 1. The topological polar surface area (TPSA) is 65.5 Å². The molecule has 0 aliphatic heterocycles. The zero-order valence-corrected chi connectivity index (χ0v) is 12.6. The quantitative estimate of drug-likeness (QED) is 0.389. The summed E-state index contributed by atoms with van der Waals surface area (Å²) in [6.45, 7) is 0.257. The van der Waals surface area contributed by atoms with Crippen LogP contribution < -0.4 is 4.74 Å². The zero-order chi connectivity index (χ0) is 16.5. The lowest BCUT2D eigenvalue weighted by atomic mass is 10.1. The van der Waals surface area contributed by atoms with E-state index in [-0.39, 0.29) is 18.0 Å². The first-order chi connectivity index (χ1) is 11.7. The van der Waals surface area contributed by atoms with Gasteiger partial charge in [-0.3, -0.25) is 10.1 Å². The Balaban J connectivity index is 1.80. The lowest BCUT2D eigenvalue weighted by Gasteiger charge is -2.07. The number of benzene rings is 3. The average molecular weight is 319 g/mol. The first-order valence-corrected chi connectivity index (χ1v) is 7.49. The molecule has 1 aromatic heterocycles. The third kappa shape index (κ3) is 2.46. The minimum atomic E-state index is -0.429. The van der Waals surface area contributed by atoms with Gasteiger partial charge in [0.25, 0.3) is 0 Å². The van der Waals surface area contributed by atoms with E-state index in [0.29, 0.717) is 16.6 Å². The van der Waals surface area contributed by atoms with Crippen LogP contribution in [0.4, 0.5) is 5.69 Å². The molecule has 0 amide bonds. The van der Waals surface area contributed by atoms with Gasteiger partial charge in [-0.25, -0.2) is 0 Å². The second-order valence-electron chi connectivity index (χ2n) is 5.45. The molecule has 0 saturated carbocycles. The van der Waals surface area contributed by atoms with E-state index in [4.69, 9.17) is 9.15 Å². The Hall–Kier alpha value is -3.34. The third-order valence-electron chi connectivity index (χ3n) is 3.89. The van der Waals surface area contributed by atoms with Gasteiger partial charge >= 0.3 is 5.69 Å². The number of hydrogen-bond donors (Lipinski definition) is 0. The van der Waals surface area contributed by atoms with E-state index in [1.54, 1.807) is 6.07 Å². The number of rotatable bonds is 4. The molecule has 5 heteroatoms. The van der Waals surface area contributed by atoms with E-state index < -0.39 is 4.92 Å². The molecule has 0 unspecified atom stereocenters. The predicted octanol–water partition coefficient (Wildman–Crippen LogP) is 5.07. The maximum Gasteiger partial charge on any atom is 0.311 e. The van der Waals surface area contributed by atoms with Crippen molar-refractivity contribution in [1.82, 2.24) is 0 Å². The molecule has 0 N–H and O–H groups in total. The lowest BCUT2D eigenvalue weighted by molar-refractivity contribution is -0.385. The van der Waals surface area contributed by atoms with Crippen LogP contribution in [-0.4, -0.2) is 4.92 Å². The fourth-order valence-corrected chi connectivity index (χ4v) is 2.73. The van der Waals surface area contributed by atoms with Crippen LogP contribution in [0.25, 0.3) is 21.9 Å². The highest BCUT2D eigenvalue weighted by atomic mass is 16.6. The van der Waals surface area contributed by atoms with Crippen LogP contribution in [0, 0.1) is 10.1 Å². The largest absolute Gasteiger partial charge is 0.482 e. The zero-order valence-electron chi connectivity index (χ0n) is 12.6. The van der Waals surface area contributed by atoms with Crippen LogP contribution in [-0.2, 0) is 6.61 Å². The molecule has 5 nitrogen and oxygen atoms in total. The third-order valence-corrected chi connectivity index (χ3v) is 3.89. The van der Waals surface area contributed by atoms with Gasteiger partial charge in [0.2, 0.25) is 5.75 Å². The smallest absolute Gasteiger partial charge is 0.311 e. The molecule has 0 aliphatic rings. The highest BCUT2D eigenvalue weighted by Crippen LogP contribution is 2.37. The van der Waals surface area contributed by atoms with E-state index >= 15 is 0 Å². The molecule has 0 fully saturated rings. The summed E-state index contributed by atoms with van der Waals surface area (Å²) in [6, 6.07) is 20.1. The monoisotopic (exact) mass is 319 g/mol. The summed E-state index contributed by atoms with van der Waals surface area (Å²) in [7, 11) is 0. The highest BCUT2D eigenvalue weighted by molar-refractivity contribution is 6.06. The normalized spacial score (nSPS) is 11.0. The molecule has 4 rings (SSSR count). The number of para-hydroxylation sites is 1. The van der Waals surface area contributed by atoms with Crippen LogP contribution in [0.5, 0.6) is 5.75 Å². The highest BCUT2D eigenvalue weighted by Gasteiger charge is 2.20. The van der Waals surface area contributed by atoms with E-state index in [2.05, 4.69) is 0 Å². The van der Waals surface area contributed by atoms with Gasteiger partial charge in [0.15, 0.2) is 0 Å². The van der Waals surface area contributed by atoms with Crippen molar-refractivity contribution in [2.24, 2.45) is 0 Å². The molecule has 0 radical (unpaired) electrons. The van der Waals surface area contributed by atoms with Crippen molar-refractivity contribution in [3.8, 4) is 5.75 Å². The Morgan fingerprint density at radius 2 is 1.67 bits per heavy atom. The molecule has 0 bridgehead atoms. The molecule has 0 spiro atoms. The molecule has 4 aromatic rings. The summed E-state index contributed by atoms with van der Waals surface area (Å²) < 4.78 is 11.5. The van der Waals surface area contributed by atoms with Crippen molar-refractivity contribution < 1.29 is 14.1 Å². The van der Waals surface area contributed by atoms with Crippen LogP contribution in [0.15, 0.2) is 71.1 Å². The van der Waals surface area contributed by atoms with Gasteiger partial charge in [-0.1, -0.05) is 48.5 Å². The Kier molecular flexibility index (Phi) is 3.39. The van der Waals surface area contributed by atoms with E-state index in [9.17, 15) is 10.1 Å². The molecule has 0 saturated heterocycles. The molecular weight excluding hydrogens is 306 g/mol. The molecule has 0 aliphatic carbocycles. The first kappa shape index (κ1) is 14.3. The SMILES string of the molecule is O=[N+]([O-])c1cc2c(cc1OCc1ccccc1)oc1ccccc12. The van der Waals surface area contributed by atoms with Crippen molar-refractivity contribution >= 4 is 27.6 Å². The average Bonchev–Trinajstić information content (AvgIpc) is 2.97. The van der Waals surface area contributed by atoms with Crippen molar-refractivity contribution in [3.63, 3.8) is 0 Å². The standard InChI is InChI=1S/C19H13NO4/c21-20(22)16-10-15-14-8-4-5-9-17(14)24-18(15)11-19(16)23-12-13-6-2-1-3-7-13/h1-11H,12H2. The summed E-state index contributed by atoms with van der Waals surface area (Å²) in [5.41, 5.74) is 2.15. The van der Waals surface area contributed by atoms with Gasteiger partial charge in [0.1, 0.15) is 17.8 Å². The van der Waals surface area contributed by atoms with Gasteiger partial charge in [0.05, 0.1) is 4.92 Å². The van der Waals surface area contributed by atoms with Crippen molar-refractivity contribution in [3.05, 3.63) is 82.4 Å². The first-order valence-electron chi connectivity index (χ1n) is 7.49. The molecule has 0 atom stereocenters. The molecule has 3 aromatic carbocycles. The predicted molar refractivity (Wildman–Crippen MR) is 91.1 cm³/mol. The summed E-state index contributed by atoms with van der Waals surface area (Å²) in [5, 5.41) is 13.0. The minimum absolute atomic E-state index is 0.0648. The molecule has 24 heavy (non-hydrogen) atoms. The molecule has 118 valence electrons. The number of nitrogens with zero attached hydrogens (tertiary/aromatic N) is 1. The fourth-order valence-electron chi connectivity index (χ4n) is 2.73. The van der Waals surface area contributed by atoms with E-state index in [1.807, 2.05) is 54.6 Å². The summed E-state index contributed by atoms with van der Waals surface area (Å²) >= 11 is 0. The minimum Gasteiger partial charge on any atom is -0.482 e. The van der Waals surface area contributed by atoms with Crippen LogP contribution >= 0.6 is 0 Å². The van der Waals surface area contributed by atoms with Crippen molar-refractivity contribution in [2.45, 2.75) is 6.61 Å². The van der Waals surface area contributed by atoms with Crippen LogP contribution in [0.3, 0.4) is 0 Å². The lowest BCUT2D eigenvalue weighted by Crippen LogP contribution is -1.99. The van der Waals surface area contributed by atoms with Gasteiger partial charge < -0.3 is 9.15 Å². The van der Waals surface area contributed by atoms with E-state index in [0.717, 1.165) is 10.9 Å². The second-order valence-corrected chi connectivity index (χ2v) is 5.45. The number of nitro groups is 1. The van der Waals surface area contributed by atoms with E-state index in [1.165, 1.54) is 6.07 Å². The summed E-state index contributed by atoms with van der Waals surface area (Å²) in [6.07, 6.45) is 0. The van der Waals surface area contributed by atoms with Crippen molar-refractivity contribution in [1.29, 1.82) is 0 Å². The maximum absolute atomic E-state index is 11.4. The second kappa shape index (κ2) is 5.70. The molecule has 1 heterocycles. The fraction of sp³-hybridized carbons (Fsp3) is 0.0526.